The monoisotopic (exact) mass is 256 g/mol. The van der Waals surface area contributed by atoms with Gasteiger partial charge in [-0.05, 0) is 36.6 Å². The Morgan fingerprint density at radius 1 is 1.42 bits per heavy atom. The van der Waals surface area contributed by atoms with E-state index < -0.39 is 11.9 Å². The molecular weight excluding hydrogens is 244 g/mol. The number of carboxylic acids is 1. The molecule has 1 aliphatic rings. The van der Waals surface area contributed by atoms with Crippen LogP contribution in [0.4, 0.5) is 0 Å². The van der Waals surface area contributed by atoms with Gasteiger partial charge in [0.15, 0.2) is 0 Å². The van der Waals surface area contributed by atoms with E-state index in [1.54, 1.807) is 12.1 Å². The van der Waals surface area contributed by atoms with Gasteiger partial charge in [-0.3, -0.25) is 4.79 Å². The molecule has 1 fully saturated rings. The number of carboxylic acid groups (broad SMARTS) is 1. The highest BCUT2D eigenvalue weighted by Crippen LogP contribution is 2.19. The van der Waals surface area contributed by atoms with Crippen molar-refractivity contribution in [2.45, 2.75) is 18.9 Å². The van der Waals surface area contributed by atoms with Gasteiger partial charge in [0.1, 0.15) is 11.6 Å². The SMILES string of the molecule is N#C/C(=C\c1cccc(C(=O)O)c1)C(=O)NC1CC1. The summed E-state index contributed by atoms with van der Waals surface area (Å²) in [6.45, 7) is 0. The largest absolute Gasteiger partial charge is 0.478 e. The maximum atomic E-state index is 11.7. The fourth-order valence-corrected chi connectivity index (χ4v) is 1.57. The fraction of sp³-hybridized carbons (Fsp3) is 0.214. The second-order valence-corrected chi connectivity index (χ2v) is 4.35. The number of hydrogen-bond donors (Lipinski definition) is 2. The van der Waals surface area contributed by atoms with Crippen LogP contribution in [-0.4, -0.2) is 23.0 Å². The van der Waals surface area contributed by atoms with Crippen molar-refractivity contribution in [1.82, 2.24) is 5.32 Å². The first-order valence-electron chi connectivity index (χ1n) is 5.86. The van der Waals surface area contributed by atoms with E-state index in [0.717, 1.165) is 12.8 Å². The standard InChI is InChI=1S/C14H12N2O3/c15-8-11(13(17)16-12-4-5-12)7-9-2-1-3-10(6-9)14(18)19/h1-3,6-7,12H,4-5H2,(H,16,17)(H,18,19)/b11-7+. The molecule has 0 bridgehead atoms. The molecule has 1 aromatic rings. The van der Waals surface area contributed by atoms with Crippen molar-refractivity contribution in [3.63, 3.8) is 0 Å². The van der Waals surface area contributed by atoms with E-state index in [-0.39, 0.29) is 17.2 Å². The lowest BCUT2D eigenvalue weighted by Crippen LogP contribution is -2.26. The van der Waals surface area contributed by atoms with Crippen LogP contribution in [0.5, 0.6) is 0 Å². The first-order chi connectivity index (χ1) is 9.10. The molecule has 0 aliphatic heterocycles. The van der Waals surface area contributed by atoms with Crippen LogP contribution < -0.4 is 5.32 Å². The molecule has 0 heterocycles. The van der Waals surface area contributed by atoms with Gasteiger partial charge in [-0.2, -0.15) is 5.26 Å². The van der Waals surface area contributed by atoms with Gasteiger partial charge in [-0.15, -0.1) is 0 Å². The average Bonchev–Trinajstić information content (AvgIpc) is 3.20. The molecule has 1 aromatic carbocycles. The summed E-state index contributed by atoms with van der Waals surface area (Å²) in [7, 11) is 0. The van der Waals surface area contributed by atoms with Crippen molar-refractivity contribution in [2.75, 3.05) is 0 Å². The van der Waals surface area contributed by atoms with Gasteiger partial charge in [0, 0.05) is 6.04 Å². The van der Waals surface area contributed by atoms with E-state index in [1.807, 2.05) is 6.07 Å². The molecular formula is C14H12N2O3. The summed E-state index contributed by atoms with van der Waals surface area (Å²) in [4.78, 5) is 22.6. The van der Waals surface area contributed by atoms with Crippen LogP contribution in [0.1, 0.15) is 28.8 Å². The van der Waals surface area contributed by atoms with Gasteiger partial charge in [0.2, 0.25) is 0 Å². The molecule has 0 unspecified atom stereocenters. The molecule has 0 radical (unpaired) electrons. The lowest BCUT2D eigenvalue weighted by Gasteiger charge is -2.02. The van der Waals surface area contributed by atoms with E-state index in [1.165, 1.54) is 18.2 Å². The number of nitrogens with zero attached hydrogens (tertiary/aromatic N) is 1. The molecule has 1 amide bonds. The Labute approximate surface area is 110 Å². The Bertz CT molecular complexity index is 595. The van der Waals surface area contributed by atoms with Crippen LogP contribution >= 0.6 is 0 Å². The summed E-state index contributed by atoms with van der Waals surface area (Å²) in [6, 6.07) is 8.10. The number of nitriles is 1. The Morgan fingerprint density at radius 3 is 2.74 bits per heavy atom. The van der Waals surface area contributed by atoms with Crippen molar-refractivity contribution >= 4 is 18.0 Å². The van der Waals surface area contributed by atoms with E-state index in [0.29, 0.717) is 5.56 Å². The maximum Gasteiger partial charge on any atom is 0.335 e. The second-order valence-electron chi connectivity index (χ2n) is 4.35. The molecule has 0 saturated heterocycles. The molecule has 5 heteroatoms. The third-order valence-electron chi connectivity index (χ3n) is 2.72. The third kappa shape index (κ3) is 3.42. The molecule has 1 saturated carbocycles. The number of rotatable bonds is 4. The molecule has 2 N–H and O–H groups in total. The van der Waals surface area contributed by atoms with Crippen molar-refractivity contribution in [2.24, 2.45) is 0 Å². The first kappa shape index (κ1) is 12.8. The summed E-state index contributed by atoms with van der Waals surface area (Å²) in [6.07, 6.45) is 3.28. The van der Waals surface area contributed by atoms with Crippen LogP contribution in [0, 0.1) is 11.3 Å². The Hall–Kier alpha value is -2.61. The minimum absolute atomic E-state index is 0.0190. The van der Waals surface area contributed by atoms with E-state index in [4.69, 9.17) is 10.4 Å². The van der Waals surface area contributed by atoms with Gasteiger partial charge in [-0.1, -0.05) is 12.1 Å². The minimum Gasteiger partial charge on any atom is -0.478 e. The van der Waals surface area contributed by atoms with Crippen LogP contribution in [-0.2, 0) is 4.79 Å². The first-order valence-corrected chi connectivity index (χ1v) is 5.86. The van der Waals surface area contributed by atoms with Crippen LogP contribution in [0.3, 0.4) is 0 Å². The number of amides is 1. The molecule has 0 aromatic heterocycles. The highest BCUT2D eigenvalue weighted by molar-refractivity contribution is 6.02. The smallest absolute Gasteiger partial charge is 0.335 e. The van der Waals surface area contributed by atoms with Gasteiger partial charge in [-0.25, -0.2) is 4.79 Å². The number of hydrogen-bond acceptors (Lipinski definition) is 3. The summed E-state index contributed by atoms with van der Waals surface area (Å²) >= 11 is 0. The van der Waals surface area contributed by atoms with Crippen molar-refractivity contribution < 1.29 is 14.7 Å². The zero-order valence-corrected chi connectivity index (χ0v) is 10.1. The molecule has 5 nitrogen and oxygen atoms in total. The van der Waals surface area contributed by atoms with Crippen molar-refractivity contribution in [3.05, 3.63) is 41.0 Å². The fourth-order valence-electron chi connectivity index (χ4n) is 1.57. The predicted octanol–water partition coefficient (Wildman–Crippen LogP) is 1.57. The van der Waals surface area contributed by atoms with Crippen molar-refractivity contribution in [1.29, 1.82) is 5.26 Å². The minimum atomic E-state index is -1.05. The number of carbonyl (C=O) groups is 2. The van der Waals surface area contributed by atoms with Crippen LogP contribution in [0.25, 0.3) is 6.08 Å². The number of carbonyl (C=O) groups excluding carboxylic acids is 1. The molecule has 96 valence electrons. The highest BCUT2D eigenvalue weighted by atomic mass is 16.4. The van der Waals surface area contributed by atoms with E-state index >= 15 is 0 Å². The summed E-state index contributed by atoms with van der Waals surface area (Å²) in [5.41, 5.74) is 0.616. The Morgan fingerprint density at radius 2 is 2.16 bits per heavy atom. The lowest BCUT2D eigenvalue weighted by atomic mass is 10.1. The van der Waals surface area contributed by atoms with Gasteiger partial charge >= 0.3 is 5.97 Å². The predicted molar refractivity (Wildman–Crippen MR) is 68.2 cm³/mol. The van der Waals surface area contributed by atoms with Crippen molar-refractivity contribution in [3.8, 4) is 6.07 Å². The van der Waals surface area contributed by atoms with E-state index in [2.05, 4.69) is 5.32 Å². The molecule has 19 heavy (non-hydrogen) atoms. The van der Waals surface area contributed by atoms with Gasteiger partial charge in [0.05, 0.1) is 5.56 Å². The molecule has 1 aliphatic carbocycles. The normalized spacial score (nSPS) is 14.6. The number of aromatic carboxylic acids is 1. The third-order valence-corrected chi connectivity index (χ3v) is 2.72. The Balaban J connectivity index is 2.21. The summed E-state index contributed by atoms with van der Waals surface area (Å²) < 4.78 is 0. The molecule has 2 rings (SSSR count). The number of nitrogens with one attached hydrogen (secondary N) is 1. The lowest BCUT2D eigenvalue weighted by molar-refractivity contribution is -0.117. The zero-order valence-electron chi connectivity index (χ0n) is 10.1. The van der Waals surface area contributed by atoms with Crippen LogP contribution in [0.2, 0.25) is 0 Å². The number of benzene rings is 1. The summed E-state index contributed by atoms with van der Waals surface area (Å²) in [5, 5.41) is 20.6. The topological polar surface area (TPSA) is 90.2 Å². The van der Waals surface area contributed by atoms with Gasteiger partial charge < -0.3 is 10.4 Å². The Kier molecular flexibility index (Phi) is 3.62. The van der Waals surface area contributed by atoms with Crippen LogP contribution in [0.15, 0.2) is 29.8 Å². The zero-order chi connectivity index (χ0) is 13.8. The maximum absolute atomic E-state index is 11.7. The second kappa shape index (κ2) is 5.36. The van der Waals surface area contributed by atoms with E-state index in [9.17, 15) is 9.59 Å². The van der Waals surface area contributed by atoms with Gasteiger partial charge in [0.25, 0.3) is 5.91 Å². The quantitative estimate of drug-likeness (QED) is 0.632. The summed E-state index contributed by atoms with van der Waals surface area (Å²) in [5.74, 6) is -1.46. The molecule has 0 atom stereocenters. The molecule has 0 spiro atoms. The highest BCUT2D eigenvalue weighted by Gasteiger charge is 2.24. The average molecular weight is 256 g/mol.